The second kappa shape index (κ2) is 4.72. The Morgan fingerprint density at radius 3 is 2.86 bits per heavy atom. The molecule has 1 aromatic carbocycles. The molecular weight excluding hydrogens is 206 g/mol. The summed E-state index contributed by atoms with van der Waals surface area (Å²) in [4.78, 5) is 10.8. The minimum atomic E-state index is -0.696. The third kappa shape index (κ3) is 2.53. The number of rotatable bonds is 4. The zero-order valence-electron chi connectivity index (χ0n) is 7.37. The predicted octanol–water partition coefficient (Wildman–Crippen LogP) is 1.11. The molecule has 0 fully saturated rings. The van der Waals surface area contributed by atoms with Gasteiger partial charge in [0.2, 0.25) is 0 Å². The van der Waals surface area contributed by atoms with E-state index in [0.717, 1.165) is 0 Å². The van der Waals surface area contributed by atoms with Crippen molar-refractivity contribution in [1.82, 2.24) is 0 Å². The number of hydrogen-bond acceptors (Lipinski definition) is 3. The number of carbonyl (C=O) groups is 1. The van der Waals surface area contributed by atoms with Gasteiger partial charge in [-0.1, -0.05) is 0 Å². The number of amides is 1. The van der Waals surface area contributed by atoms with Crippen molar-refractivity contribution in [3.63, 3.8) is 0 Å². The molecule has 0 spiro atoms. The van der Waals surface area contributed by atoms with Crippen LogP contribution < -0.4 is 10.5 Å². The van der Waals surface area contributed by atoms with Gasteiger partial charge in [0.15, 0.2) is 0 Å². The molecule has 4 nitrogen and oxygen atoms in total. The van der Waals surface area contributed by atoms with Crippen molar-refractivity contribution >= 4 is 17.5 Å². The van der Waals surface area contributed by atoms with Crippen LogP contribution in [0.3, 0.4) is 0 Å². The smallest absolute Gasteiger partial charge is 0.252 e. The lowest BCUT2D eigenvalue weighted by molar-refractivity contribution is 0.0997. The van der Waals surface area contributed by atoms with Crippen molar-refractivity contribution in [2.24, 2.45) is 5.73 Å². The first-order valence-corrected chi connectivity index (χ1v) is 4.50. The monoisotopic (exact) mass is 215 g/mol. The molecule has 0 heterocycles. The van der Waals surface area contributed by atoms with Crippen LogP contribution in [0.25, 0.3) is 0 Å². The first-order chi connectivity index (χ1) is 6.65. The van der Waals surface area contributed by atoms with E-state index < -0.39 is 5.91 Å². The van der Waals surface area contributed by atoms with Gasteiger partial charge >= 0.3 is 0 Å². The molecule has 0 unspecified atom stereocenters. The van der Waals surface area contributed by atoms with Crippen LogP contribution in [-0.4, -0.2) is 23.5 Å². The topological polar surface area (TPSA) is 72.6 Å². The van der Waals surface area contributed by atoms with Gasteiger partial charge in [-0.15, -0.1) is 11.6 Å². The largest absolute Gasteiger partial charge is 0.507 e. The lowest BCUT2D eigenvalue weighted by Crippen LogP contribution is -2.11. The lowest BCUT2D eigenvalue weighted by Gasteiger charge is -2.06. The van der Waals surface area contributed by atoms with Gasteiger partial charge in [0.05, 0.1) is 11.4 Å². The minimum Gasteiger partial charge on any atom is -0.507 e. The molecule has 0 saturated carbocycles. The third-order valence-electron chi connectivity index (χ3n) is 1.58. The maximum absolute atomic E-state index is 10.8. The van der Waals surface area contributed by atoms with Crippen LogP contribution in [0.15, 0.2) is 18.2 Å². The molecule has 1 amide bonds. The number of phenols is 1. The quantitative estimate of drug-likeness (QED) is 0.739. The SMILES string of the molecule is NC(=O)c1cc(OCCCl)ccc1O. The third-order valence-corrected chi connectivity index (χ3v) is 1.73. The van der Waals surface area contributed by atoms with Crippen molar-refractivity contribution in [2.45, 2.75) is 0 Å². The van der Waals surface area contributed by atoms with Gasteiger partial charge in [-0.25, -0.2) is 0 Å². The maximum Gasteiger partial charge on any atom is 0.252 e. The summed E-state index contributed by atoms with van der Waals surface area (Å²) < 4.78 is 5.15. The summed E-state index contributed by atoms with van der Waals surface area (Å²) in [5.74, 6) is -0.0425. The van der Waals surface area contributed by atoms with E-state index in [4.69, 9.17) is 22.1 Å². The molecule has 0 aliphatic carbocycles. The standard InChI is InChI=1S/C9H10ClNO3/c10-3-4-14-6-1-2-8(12)7(5-6)9(11)13/h1-2,5,12H,3-4H2,(H2,11,13). The predicted molar refractivity (Wildman–Crippen MR) is 52.8 cm³/mol. The number of aromatic hydroxyl groups is 1. The average Bonchev–Trinajstić information content (AvgIpc) is 2.16. The van der Waals surface area contributed by atoms with Crippen molar-refractivity contribution in [2.75, 3.05) is 12.5 Å². The van der Waals surface area contributed by atoms with Gasteiger partial charge in [0.1, 0.15) is 18.1 Å². The summed E-state index contributed by atoms with van der Waals surface area (Å²) in [5.41, 5.74) is 5.07. The highest BCUT2D eigenvalue weighted by molar-refractivity contribution is 6.18. The van der Waals surface area contributed by atoms with Gasteiger partial charge in [-0.3, -0.25) is 4.79 Å². The second-order valence-corrected chi connectivity index (χ2v) is 2.96. The molecule has 0 atom stereocenters. The first-order valence-electron chi connectivity index (χ1n) is 3.96. The van der Waals surface area contributed by atoms with E-state index in [2.05, 4.69) is 0 Å². The van der Waals surface area contributed by atoms with Crippen LogP contribution in [0.5, 0.6) is 11.5 Å². The molecule has 0 aliphatic heterocycles. The number of nitrogens with two attached hydrogens (primary N) is 1. The summed E-state index contributed by atoms with van der Waals surface area (Å²) in [6.07, 6.45) is 0. The Kier molecular flexibility index (Phi) is 3.59. The molecule has 5 heteroatoms. The maximum atomic E-state index is 10.8. The Bertz CT molecular complexity index is 341. The Morgan fingerprint density at radius 2 is 2.29 bits per heavy atom. The van der Waals surface area contributed by atoms with Crippen molar-refractivity contribution in [3.05, 3.63) is 23.8 Å². The highest BCUT2D eigenvalue weighted by Gasteiger charge is 2.08. The Balaban J connectivity index is 2.89. The van der Waals surface area contributed by atoms with Crippen LogP contribution in [0.1, 0.15) is 10.4 Å². The van der Waals surface area contributed by atoms with Crippen molar-refractivity contribution < 1.29 is 14.6 Å². The average molecular weight is 216 g/mol. The number of benzene rings is 1. The van der Waals surface area contributed by atoms with Crippen molar-refractivity contribution in [3.8, 4) is 11.5 Å². The van der Waals surface area contributed by atoms with Crippen LogP contribution >= 0.6 is 11.6 Å². The molecule has 0 bridgehead atoms. The van der Waals surface area contributed by atoms with Crippen LogP contribution in [0, 0.1) is 0 Å². The fraction of sp³-hybridized carbons (Fsp3) is 0.222. The van der Waals surface area contributed by atoms with E-state index in [-0.39, 0.29) is 11.3 Å². The summed E-state index contributed by atoms with van der Waals surface area (Å²) in [6.45, 7) is 0.338. The van der Waals surface area contributed by atoms with Gasteiger partial charge in [-0.2, -0.15) is 0 Å². The fourth-order valence-electron chi connectivity index (χ4n) is 0.959. The second-order valence-electron chi connectivity index (χ2n) is 2.58. The zero-order chi connectivity index (χ0) is 10.6. The number of ether oxygens (including phenoxy) is 1. The van der Waals surface area contributed by atoms with Crippen LogP contribution in [-0.2, 0) is 0 Å². The summed E-state index contributed by atoms with van der Waals surface area (Å²) >= 11 is 5.42. The van der Waals surface area contributed by atoms with E-state index >= 15 is 0 Å². The van der Waals surface area contributed by atoms with E-state index in [9.17, 15) is 9.90 Å². The Morgan fingerprint density at radius 1 is 1.57 bits per heavy atom. The number of primary amides is 1. The highest BCUT2D eigenvalue weighted by atomic mass is 35.5. The van der Waals surface area contributed by atoms with Crippen LogP contribution in [0.2, 0.25) is 0 Å². The minimum absolute atomic E-state index is 0.0390. The molecule has 0 aliphatic rings. The van der Waals surface area contributed by atoms with E-state index in [0.29, 0.717) is 18.2 Å². The van der Waals surface area contributed by atoms with E-state index in [1.54, 1.807) is 0 Å². The normalized spacial score (nSPS) is 9.79. The summed E-state index contributed by atoms with van der Waals surface area (Å²) in [5, 5.41) is 9.25. The van der Waals surface area contributed by atoms with Gasteiger partial charge in [0, 0.05) is 0 Å². The Labute approximate surface area is 86.2 Å². The van der Waals surface area contributed by atoms with Gasteiger partial charge in [-0.05, 0) is 18.2 Å². The van der Waals surface area contributed by atoms with Crippen molar-refractivity contribution in [1.29, 1.82) is 0 Å². The van der Waals surface area contributed by atoms with Gasteiger partial charge in [0.25, 0.3) is 5.91 Å². The molecule has 14 heavy (non-hydrogen) atoms. The van der Waals surface area contributed by atoms with E-state index in [1.807, 2.05) is 0 Å². The number of halogens is 1. The van der Waals surface area contributed by atoms with Gasteiger partial charge < -0.3 is 15.6 Å². The fourth-order valence-corrected chi connectivity index (χ4v) is 1.04. The summed E-state index contributed by atoms with van der Waals surface area (Å²) in [7, 11) is 0. The number of carbonyl (C=O) groups excluding carboxylic acids is 1. The molecule has 1 rings (SSSR count). The van der Waals surface area contributed by atoms with Crippen LogP contribution in [0.4, 0.5) is 0 Å². The molecule has 0 saturated heterocycles. The van der Waals surface area contributed by atoms with E-state index in [1.165, 1.54) is 18.2 Å². The summed E-state index contributed by atoms with van der Waals surface area (Å²) in [6, 6.07) is 4.27. The lowest BCUT2D eigenvalue weighted by atomic mass is 10.2. The Hall–Kier alpha value is -1.42. The molecule has 0 aromatic heterocycles. The molecule has 0 radical (unpaired) electrons. The zero-order valence-corrected chi connectivity index (χ0v) is 8.12. The first kappa shape index (κ1) is 10.7. The number of alkyl halides is 1. The molecule has 1 aromatic rings. The number of hydrogen-bond donors (Lipinski definition) is 2. The highest BCUT2D eigenvalue weighted by Crippen LogP contribution is 2.22. The molecule has 76 valence electrons. The molecular formula is C9H10ClNO3. The molecule has 3 N–H and O–H groups in total.